The molecule has 2 fully saturated rings. The average Bonchev–Trinajstić information content (AvgIpc) is 3.13. The van der Waals surface area contributed by atoms with Crippen LogP contribution in [0.5, 0.6) is 0 Å². The van der Waals surface area contributed by atoms with Gasteiger partial charge in [0.15, 0.2) is 0 Å². The van der Waals surface area contributed by atoms with Gasteiger partial charge in [0.25, 0.3) is 0 Å². The summed E-state index contributed by atoms with van der Waals surface area (Å²) in [6, 6.07) is 5.25. The number of carbonyl (C=O) groups is 2. The zero-order valence-electron chi connectivity index (χ0n) is 11.9. The van der Waals surface area contributed by atoms with Gasteiger partial charge in [-0.25, -0.2) is 0 Å². The maximum absolute atomic E-state index is 12.8. The fraction of sp³-hybridized carbons (Fsp3) is 0.375. The number of hydrogen-bond donors (Lipinski definition) is 1. The molecule has 23 heavy (non-hydrogen) atoms. The molecule has 1 aromatic carbocycles. The average molecular weight is 354 g/mol. The lowest BCUT2D eigenvalue weighted by Gasteiger charge is -2.21. The van der Waals surface area contributed by atoms with E-state index in [0.29, 0.717) is 16.6 Å². The zero-order chi connectivity index (χ0) is 16.4. The highest BCUT2D eigenvalue weighted by atomic mass is 35.5. The molecule has 2 bridgehead atoms. The number of benzene rings is 1. The van der Waals surface area contributed by atoms with Crippen LogP contribution in [-0.2, 0) is 20.9 Å². The molecule has 1 spiro atoms. The van der Waals surface area contributed by atoms with Crippen molar-refractivity contribution in [3.63, 3.8) is 0 Å². The number of carboxylic acids is 1. The van der Waals surface area contributed by atoms with Gasteiger partial charge in [-0.05, 0) is 11.6 Å². The summed E-state index contributed by atoms with van der Waals surface area (Å²) in [5.74, 6) is -2.71. The summed E-state index contributed by atoms with van der Waals surface area (Å²) in [4.78, 5) is 25.9. The number of likely N-dealkylation sites (tertiary alicyclic amines) is 1. The minimum absolute atomic E-state index is 0.208. The molecule has 2 saturated heterocycles. The molecule has 0 aromatic heterocycles. The van der Waals surface area contributed by atoms with E-state index < -0.39 is 29.5 Å². The quantitative estimate of drug-likeness (QED) is 0.847. The van der Waals surface area contributed by atoms with Gasteiger partial charge in [-0.1, -0.05) is 47.5 Å². The second-order valence-electron chi connectivity index (χ2n) is 6.15. The van der Waals surface area contributed by atoms with E-state index in [1.54, 1.807) is 29.2 Å². The van der Waals surface area contributed by atoms with E-state index in [-0.39, 0.29) is 12.5 Å². The summed E-state index contributed by atoms with van der Waals surface area (Å²) in [6.07, 6.45) is 3.07. The molecular weight excluding hydrogens is 341 g/mol. The lowest BCUT2D eigenvalue weighted by atomic mass is 9.77. The van der Waals surface area contributed by atoms with Crippen molar-refractivity contribution >= 4 is 35.1 Å². The SMILES string of the molecule is O=C(O)[C@@H]1[C@H]2C(=O)N(Cc3cccc(Cl)c3Cl)C[C@@]23C=C[C@H]1O3. The van der Waals surface area contributed by atoms with Crippen LogP contribution in [0.3, 0.4) is 0 Å². The normalized spacial score (nSPS) is 34.3. The lowest BCUT2D eigenvalue weighted by Crippen LogP contribution is -2.39. The highest BCUT2D eigenvalue weighted by molar-refractivity contribution is 6.42. The van der Waals surface area contributed by atoms with E-state index in [4.69, 9.17) is 27.9 Å². The van der Waals surface area contributed by atoms with Gasteiger partial charge in [0.05, 0.1) is 28.6 Å². The largest absolute Gasteiger partial charge is 0.481 e. The van der Waals surface area contributed by atoms with E-state index in [0.717, 1.165) is 5.56 Å². The third-order valence-electron chi connectivity index (χ3n) is 4.86. The summed E-state index contributed by atoms with van der Waals surface area (Å²) < 4.78 is 5.84. The first-order chi connectivity index (χ1) is 10.9. The highest BCUT2D eigenvalue weighted by Gasteiger charge is 2.67. The molecule has 3 heterocycles. The first kappa shape index (κ1) is 15.0. The highest BCUT2D eigenvalue weighted by Crippen LogP contribution is 2.52. The summed E-state index contributed by atoms with van der Waals surface area (Å²) >= 11 is 12.2. The van der Waals surface area contributed by atoms with Gasteiger partial charge in [-0.2, -0.15) is 0 Å². The Bertz CT molecular complexity index is 750. The standard InChI is InChI=1S/C16H13Cl2NO4/c17-9-3-1-2-8(13(9)18)6-19-7-16-5-4-10(23-16)11(15(21)22)12(16)14(19)20/h1-5,10-12H,6-7H2,(H,21,22)/t10-,11+,12+,16+/m1/s1. The number of rotatable bonds is 3. The summed E-state index contributed by atoms with van der Waals surface area (Å²) in [6.45, 7) is 0.612. The molecule has 0 radical (unpaired) electrons. The van der Waals surface area contributed by atoms with Crippen LogP contribution in [0.15, 0.2) is 30.4 Å². The van der Waals surface area contributed by atoms with Crippen LogP contribution in [0.1, 0.15) is 5.56 Å². The number of fused-ring (bicyclic) bond motifs is 1. The fourth-order valence-corrected chi connectivity index (χ4v) is 4.25. The molecule has 7 heteroatoms. The predicted octanol–water partition coefficient (Wildman–Crippen LogP) is 2.36. The Balaban J connectivity index is 1.64. The van der Waals surface area contributed by atoms with Crippen LogP contribution in [0.4, 0.5) is 0 Å². The van der Waals surface area contributed by atoms with Crippen LogP contribution in [0.2, 0.25) is 10.0 Å². The van der Waals surface area contributed by atoms with Crippen molar-refractivity contribution in [2.24, 2.45) is 11.8 Å². The minimum atomic E-state index is -0.998. The first-order valence-electron chi connectivity index (χ1n) is 7.24. The minimum Gasteiger partial charge on any atom is -0.481 e. The number of ether oxygens (including phenoxy) is 1. The number of amides is 1. The number of halogens is 2. The van der Waals surface area contributed by atoms with Crippen LogP contribution in [-0.4, -0.2) is 40.1 Å². The van der Waals surface area contributed by atoms with Crippen LogP contribution in [0, 0.1) is 11.8 Å². The van der Waals surface area contributed by atoms with E-state index in [1.807, 2.05) is 6.08 Å². The third kappa shape index (κ3) is 2.04. The summed E-state index contributed by atoms with van der Waals surface area (Å²) in [5.41, 5.74) is -0.0927. The van der Waals surface area contributed by atoms with Crippen molar-refractivity contribution in [2.45, 2.75) is 18.2 Å². The van der Waals surface area contributed by atoms with Crippen LogP contribution in [0.25, 0.3) is 0 Å². The summed E-state index contributed by atoms with van der Waals surface area (Å²) in [7, 11) is 0. The molecule has 0 unspecified atom stereocenters. The Labute approximate surface area is 142 Å². The third-order valence-corrected chi connectivity index (χ3v) is 5.71. The van der Waals surface area contributed by atoms with Gasteiger partial charge in [-0.15, -0.1) is 0 Å². The summed E-state index contributed by atoms with van der Waals surface area (Å²) in [5, 5.41) is 10.3. The molecule has 0 saturated carbocycles. The van der Waals surface area contributed by atoms with Crippen molar-refractivity contribution in [1.29, 1.82) is 0 Å². The topological polar surface area (TPSA) is 66.8 Å². The Morgan fingerprint density at radius 3 is 2.96 bits per heavy atom. The Kier molecular flexibility index (Phi) is 3.24. The van der Waals surface area contributed by atoms with E-state index >= 15 is 0 Å². The van der Waals surface area contributed by atoms with Gasteiger partial charge in [0, 0.05) is 6.54 Å². The maximum atomic E-state index is 12.8. The Hall–Kier alpha value is -1.56. The van der Waals surface area contributed by atoms with Crippen LogP contribution < -0.4 is 0 Å². The van der Waals surface area contributed by atoms with E-state index in [2.05, 4.69) is 0 Å². The van der Waals surface area contributed by atoms with Gasteiger partial charge >= 0.3 is 5.97 Å². The molecule has 1 N–H and O–H groups in total. The molecule has 1 amide bonds. The molecule has 3 aliphatic heterocycles. The molecule has 5 nitrogen and oxygen atoms in total. The maximum Gasteiger partial charge on any atom is 0.310 e. The monoisotopic (exact) mass is 353 g/mol. The van der Waals surface area contributed by atoms with Gasteiger partial charge in [-0.3, -0.25) is 9.59 Å². The second-order valence-corrected chi connectivity index (χ2v) is 6.93. The molecule has 120 valence electrons. The van der Waals surface area contributed by atoms with Crippen molar-refractivity contribution < 1.29 is 19.4 Å². The number of aliphatic carboxylic acids is 1. The van der Waals surface area contributed by atoms with Crippen LogP contribution >= 0.6 is 23.2 Å². The lowest BCUT2D eigenvalue weighted by molar-refractivity contribution is -0.148. The number of carboxylic acid groups (broad SMARTS) is 1. The Morgan fingerprint density at radius 2 is 2.22 bits per heavy atom. The van der Waals surface area contributed by atoms with Gasteiger partial charge in [0.1, 0.15) is 11.5 Å². The zero-order valence-corrected chi connectivity index (χ0v) is 13.4. The Morgan fingerprint density at radius 1 is 1.43 bits per heavy atom. The number of hydrogen-bond acceptors (Lipinski definition) is 3. The van der Waals surface area contributed by atoms with Crippen molar-refractivity contribution in [3.8, 4) is 0 Å². The molecule has 4 atom stereocenters. The van der Waals surface area contributed by atoms with Crippen molar-refractivity contribution in [3.05, 3.63) is 46.0 Å². The number of nitrogens with zero attached hydrogens (tertiary/aromatic N) is 1. The predicted molar refractivity (Wildman–Crippen MR) is 83.2 cm³/mol. The molecule has 0 aliphatic carbocycles. The van der Waals surface area contributed by atoms with E-state index in [1.165, 1.54) is 0 Å². The van der Waals surface area contributed by atoms with Crippen molar-refractivity contribution in [1.82, 2.24) is 4.90 Å². The second kappa shape index (κ2) is 4.97. The van der Waals surface area contributed by atoms with Gasteiger partial charge < -0.3 is 14.7 Å². The fourth-order valence-electron chi connectivity index (χ4n) is 3.87. The number of carbonyl (C=O) groups excluding carboxylic acids is 1. The smallest absolute Gasteiger partial charge is 0.310 e. The molecule has 1 aromatic rings. The molecule has 4 rings (SSSR count). The molecule has 3 aliphatic rings. The molecular formula is C16H13Cl2NO4. The van der Waals surface area contributed by atoms with E-state index in [9.17, 15) is 14.7 Å². The van der Waals surface area contributed by atoms with Crippen molar-refractivity contribution in [2.75, 3.05) is 6.54 Å². The first-order valence-corrected chi connectivity index (χ1v) is 8.00. The van der Waals surface area contributed by atoms with Gasteiger partial charge in [0.2, 0.25) is 5.91 Å².